The van der Waals surface area contributed by atoms with Gasteiger partial charge in [0, 0.05) is 0 Å². The molecule has 3 aromatic rings. The molecule has 0 unspecified atom stereocenters. The lowest BCUT2D eigenvalue weighted by atomic mass is 10.1. The average molecular weight is 287 g/mol. The highest BCUT2D eigenvalue weighted by molar-refractivity contribution is 6.12. The Balaban J connectivity index is 2.09. The van der Waals surface area contributed by atoms with Crippen molar-refractivity contribution in [3.8, 4) is 0 Å². The quantitative estimate of drug-likeness (QED) is 0.756. The molecule has 0 atom stereocenters. The summed E-state index contributed by atoms with van der Waals surface area (Å²) >= 11 is 0. The molecule has 2 N–H and O–H groups in total. The number of hydrogen-bond donors (Lipinski definition) is 2. The Morgan fingerprint density at radius 2 is 2.14 bits per heavy atom. The van der Waals surface area contributed by atoms with E-state index in [2.05, 4.69) is 15.3 Å². The molecular formula is C14H10FN3O3. The van der Waals surface area contributed by atoms with Gasteiger partial charge in [-0.3, -0.25) is 9.59 Å². The Morgan fingerprint density at radius 3 is 2.90 bits per heavy atom. The van der Waals surface area contributed by atoms with Gasteiger partial charge < -0.3 is 14.7 Å². The number of nitrogens with one attached hydrogen (secondary N) is 2. The van der Waals surface area contributed by atoms with E-state index in [1.807, 2.05) is 0 Å². The fourth-order valence-electron chi connectivity index (χ4n) is 2.07. The maximum Gasteiger partial charge on any atom is 0.262 e. The first-order valence-electron chi connectivity index (χ1n) is 6.10. The Bertz CT molecular complexity index is 898. The van der Waals surface area contributed by atoms with Crippen LogP contribution in [0.5, 0.6) is 0 Å². The number of para-hydroxylation sites is 1. The number of rotatable bonds is 2. The second kappa shape index (κ2) is 4.86. The minimum Gasteiger partial charge on any atom is -0.442 e. The monoisotopic (exact) mass is 287 g/mol. The number of carbonyl (C=O) groups excluding carboxylic acids is 1. The van der Waals surface area contributed by atoms with Crippen LogP contribution < -0.4 is 10.9 Å². The van der Waals surface area contributed by atoms with Gasteiger partial charge in [0.15, 0.2) is 0 Å². The number of anilines is 1. The first-order chi connectivity index (χ1) is 10.1. The molecule has 1 amide bonds. The summed E-state index contributed by atoms with van der Waals surface area (Å²) in [5.41, 5.74) is -0.357. The van der Waals surface area contributed by atoms with E-state index in [9.17, 15) is 14.0 Å². The normalized spacial score (nSPS) is 10.8. The lowest BCUT2D eigenvalue weighted by Gasteiger charge is -2.05. The van der Waals surface area contributed by atoms with Gasteiger partial charge in [0.25, 0.3) is 11.5 Å². The van der Waals surface area contributed by atoms with Crippen LogP contribution in [0.15, 0.2) is 39.8 Å². The molecule has 7 heteroatoms. The fourth-order valence-corrected chi connectivity index (χ4v) is 2.07. The summed E-state index contributed by atoms with van der Waals surface area (Å²) in [5, 5.41) is 2.46. The first kappa shape index (κ1) is 13.0. The molecule has 0 aliphatic rings. The van der Waals surface area contributed by atoms with Gasteiger partial charge in [-0.15, -0.1) is 0 Å². The van der Waals surface area contributed by atoms with E-state index in [1.54, 1.807) is 6.07 Å². The van der Waals surface area contributed by atoms with Crippen molar-refractivity contribution in [3.05, 3.63) is 58.1 Å². The van der Waals surface area contributed by atoms with Crippen LogP contribution in [0.3, 0.4) is 0 Å². The average Bonchev–Trinajstić information content (AvgIpc) is 2.79. The van der Waals surface area contributed by atoms with E-state index in [-0.39, 0.29) is 28.1 Å². The van der Waals surface area contributed by atoms with E-state index in [1.165, 1.54) is 31.5 Å². The molecule has 21 heavy (non-hydrogen) atoms. The van der Waals surface area contributed by atoms with Gasteiger partial charge in [-0.05, 0) is 19.1 Å². The number of amides is 1. The molecule has 3 rings (SSSR count). The number of fused-ring (bicyclic) bond motifs is 1. The van der Waals surface area contributed by atoms with Crippen molar-refractivity contribution in [2.45, 2.75) is 6.92 Å². The fraction of sp³-hybridized carbons (Fsp3) is 0.0714. The number of furan rings is 1. The summed E-state index contributed by atoms with van der Waals surface area (Å²) in [6, 6.07) is 5.75. The Hall–Kier alpha value is -2.96. The number of hydrogen-bond acceptors (Lipinski definition) is 4. The van der Waals surface area contributed by atoms with Crippen LogP contribution >= 0.6 is 0 Å². The lowest BCUT2D eigenvalue weighted by Crippen LogP contribution is -2.17. The Kier molecular flexibility index (Phi) is 3.02. The van der Waals surface area contributed by atoms with Crippen molar-refractivity contribution in [3.63, 3.8) is 0 Å². The van der Waals surface area contributed by atoms with Gasteiger partial charge in [0.05, 0.1) is 17.6 Å². The number of benzene rings is 1. The summed E-state index contributed by atoms with van der Waals surface area (Å²) in [7, 11) is 0. The number of nitrogens with zero attached hydrogens (tertiary/aromatic N) is 1. The van der Waals surface area contributed by atoms with Crippen LogP contribution in [-0.4, -0.2) is 15.9 Å². The highest BCUT2D eigenvalue weighted by Crippen LogP contribution is 2.22. The van der Waals surface area contributed by atoms with E-state index in [4.69, 9.17) is 4.42 Å². The molecule has 2 aromatic heterocycles. The number of carbonyl (C=O) groups is 1. The minimum absolute atomic E-state index is 0.0246. The molecule has 2 heterocycles. The van der Waals surface area contributed by atoms with Crippen LogP contribution in [0, 0.1) is 12.7 Å². The maximum atomic E-state index is 13.6. The van der Waals surface area contributed by atoms with Crippen molar-refractivity contribution in [2.75, 3.05) is 5.32 Å². The second-order valence-electron chi connectivity index (χ2n) is 4.38. The maximum absolute atomic E-state index is 13.6. The van der Waals surface area contributed by atoms with Gasteiger partial charge in [0.1, 0.15) is 17.0 Å². The predicted molar refractivity (Wildman–Crippen MR) is 73.7 cm³/mol. The van der Waals surface area contributed by atoms with Gasteiger partial charge in [-0.25, -0.2) is 9.37 Å². The van der Waals surface area contributed by atoms with Crippen molar-refractivity contribution in [2.24, 2.45) is 0 Å². The van der Waals surface area contributed by atoms with Crippen molar-refractivity contribution < 1.29 is 13.6 Å². The third-order valence-electron chi connectivity index (χ3n) is 3.02. The second-order valence-corrected chi connectivity index (χ2v) is 4.38. The van der Waals surface area contributed by atoms with E-state index < -0.39 is 17.3 Å². The highest BCUT2D eigenvalue weighted by Gasteiger charge is 2.22. The summed E-state index contributed by atoms with van der Waals surface area (Å²) < 4.78 is 18.9. The van der Waals surface area contributed by atoms with Crippen molar-refractivity contribution in [1.82, 2.24) is 9.97 Å². The number of aromatic amines is 1. The zero-order valence-electron chi connectivity index (χ0n) is 10.9. The lowest BCUT2D eigenvalue weighted by molar-refractivity contribution is 0.102. The minimum atomic E-state index is -0.630. The summed E-state index contributed by atoms with van der Waals surface area (Å²) in [6.07, 6.45) is 1.19. The topological polar surface area (TPSA) is 88.0 Å². The van der Waals surface area contributed by atoms with Crippen LogP contribution in [0.25, 0.3) is 11.1 Å². The van der Waals surface area contributed by atoms with Gasteiger partial charge >= 0.3 is 0 Å². The molecule has 1 aromatic carbocycles. The molecule has 0 aliphatic heterocycles. The molecule has 0 spiro atoms. The molecule has 0 bridgehead atoms. The standard InChI is InChI=1S/C14H10FN3O3/c1-7-10(11-12(19)16-6-17-14(11)21-7)13(20)18-9-5-3-2-4-8(9)15/h2-6H,1H3,(H,18,20)(H,16,17,19). The Morgan fingerprint density at radius 1 is 1.38 bits per heavy atom. The van der Waals surface area contributed by atoms with Gasteiger partial charge in [0.2, 0.25) is 5.71 Å². The molecule has 0 saturated heterocycles. The zero-order chi connectivity index (χ0) is 15.0. The number of aromatic nitrogens is 2. The third-order valence-corrected chi connectivity index (χ3v) is 3.02. The Labute approximate surface area is 117 Å². The van der Waals surface area contributed by atoms with Crippen LogP contribution in [0.4, 0.5) is 10.1 Å². The molecular weight excluding hydrogens is 277 g/mol. The smallest absolute Gasteiger partial charge is 0.262 e. The number of aryl methyl sites for hydroxylation is 1. The molecule has 0 saturated carbocycles. The molecule has 0 radical (unpaired) electrons. The summed E-state index contributed by atoms with van der Waals surface area (Å²) in [6.45, 7) is 1.54. The molecule has 0 aliphatic carbocycles. The number of H-pyrrole nitrogens is 1. The number of halogens is 1. The largest absolute Gasteiger partial charge is 0.442 e. The predicted octanol–water partition coefficient (Wildman–Crippen LogP) is 2.22. The van der Waals surface area contributed by atoms with Crippen LogP contribution in [0.1, 0.15) is 16.1 Å². The zero-order valence-corrected chi connectivity index (χ0v) is 10.9. The molecule has 0 fully saturated rings. The molecule has 6 nitrogen and oxygen atoms in total. The van der Waals surface area contributed by atoms with Crippen molar-refractivity contribution >= 4 is 22.7 Å². The SMILES string of the molecule is Cc1oc2nc[nH]c(=O)c2c1C(=O)Nc1ccccc1F. The van der Waals surface area contributed by atoms with Gasteiger partial charge in [-0.2, -0.15) is 0 Å². The van der Waals surface area contributed by atoms with Gasteiger partial charge in [-0.1, -0.05) is 12.1 Å². The van der Waals surface area contributed by atoms with Crippen LogP contribution in [0.2, 0.25) is 0 Å². The first-order valence-corrected chi connectivity index (χ1v) is 6.10. The summed E-state index contributed by atoms with van der Waals surface area (Å²) in [5.74, 6) is -0.957. The van der Waals surface area contributed by atoms with Crippen LogP contribution in [-0.2, 0) is 0 Å². The third kappa shape index (κ3) is 2.18. The van der Waals surface area contributed by atoms with E-state index in [0.29, 0.717) is 0 Å². The van der Waals surface area contributed by atoms with E-state index >= 15 is 0 Å². The van der Waals surface area contributed by atoms with E-state index in [0.717, 1.165) is 0 Å². The highest BCUT2D eigenvalue weighted by atomic mass is 19.1. The molecule has 106 valence electrons. The summed E-state index contributed by atoms with van der Waals surface area (Å²) in [4.78, 5) is 30.4. The van der Waals surface area contributed by atoms with Crippen molar-refractivity contribution in [1.29, 1.82) is 0 Å².